The fraction of sp³-hybridized carbons (Fsp3) is 0.471. The lowest BCUT2D eigenvalue weighted by atomic mass is 10.00. The number of nitrogens with one attached hydrogen (secondary N) is 2. The van der Waals surface area contributed by atoms with E-state index in [0.29, 0.717) is 0 Å². The van der Waals surface area contributed by atoms with E-state index in [1.54, 1.807) is 0 Å². The van der Waals surface area contributed by atoms with Gasteiger partial charge in [-0.2, -0.15) is 13.2 Å². The van der Waals surface area contributed by atoms with Gasteiger partial charge in [-0.15, -0.1) is 12.4 Å². The van der Waals surface area contributed by atoms with E-state index in [0.717, 1.165) is 31.5 Å². The predicted molar refractivity (Wildman–Crippen MR) is 92.3 cm³/mol. The summed E-state index contributed by atoms with van der Waals surface area (Å²) in [6, 6.07) is 3.09. The first-order chi connectivity index (χ1) is 11.3. The molecule has 8 heteroatoms. The minimum absolute atomic E-state index is 0. The van der Waals surface area contributed by atoms with E-state index < -0.39 is 17.6 Å². The lowest BCUT2D eigenvalue weighted by Crippen LogP contribution is -2.46. The topological polar surface area (TPSA) is 50.4 Å². The summed E-state index contributed by atoms with van der Waals surface area (Å²) in [5.74, 6) is -0.443. The summed E-state index contributed by atoms with van der Waals surface area (Å²) < 4.78 is 44.1. The van der Waals surface area contributed by atoms with Crippen LogP contribution >= 0.6 is 12.4 Å². The van der Waals surface area contributed by atoms with Gasteiger partial charge in [-0.05, 0) is 44.5 Å². The molecule has 2 atom stereocenters. The van der Waals surface area contributed by atoms with Crippen LogP contribution in [0.5, 0.6) is 5.75 Å². The van der Waals surface area contributed by atoms with Crippen molar-refractivity contribution < 1.29 is 22.7 Å². The molecule has 140 valence electrons. The maximum absolute atomic E-state index is 12.9. The Labute approximate surface area is 151 Å². The Balaban J connectivity index is 0.00000312. The number of rotatable bonds is 5. The van der Waals surface area contributed by atoms with E-state index in [1.807, 2.05) is 6.92 Å². The van der Waals surface area contributed by atoms with Gasteiger partial charge in [-0.1, -0.05) is 12.7 Å². The number of piperidine rings is 1. The Morgan fingerprint density at radius 3 is 2.80 bits per heavy atom. The van der Waals surface area contributed by atoms with Crippen LogP contribution in [0.25, 0.3) is 0 Å². The third-order valence-corrected chi connectivity index (χ3v) is 3.87. The molecular weight excluding hydrogens is 357 g/mol. The van der Waals surface area contributed by atoms with Crippen molar-refractivity contribution in [2.45, 2.75) is 38.0 Å². The fourth-order valence-electron chi connectivity index (χ4n) is 2.68. The molecule has 0 spiro atoms. The summed E-state index contributed by atoms with van der Waals surface area (Å²) in [6.07, 6.45) is -1.59. The van der Waals surface area contributed by atoms with Gasteiger partial charge < -0.3 is 15.4 Å². The molecule has 1 fully saturated rings. The van der Waals surface area contributed by atoms with Crippen LogP contribution in [-0.4, -0.2) is 31.1 Å². The highest BCUT2D eigenvalue weighted by atomic mass is 35.5. The Morgan fingerprint density at radius 1 is 1.48 bits per heavy atom. The first-order valence-corrected chi connectivity index (χ1v) is 7.80. The van der Waals surface area contributed by atoms with Gasteiger partial charge in [0.15, 0.2) is 0 Å². The number of amides is 1. The molecule has 1 aliphatic heterocycles. The van der Waals surface area contributed by atoms with E-state index in [4.69, 9.17) is 4.74 Å². The molecular formula is C17H22ClF3N2O2. The fourth-order valence-corrected chi connectivity index (χ4v) is 2.68. The van der Waals surface area contributed by atoms with E-state index in [1.165, 1.54) is 12.1 Å². The molecule has 2 unspecified atom stereocenters. The van der Waals surface area contributed by atoms with Gasteiger partial charge in [0.1, 0.15) is 12.4 Å². The van der Waals surface area contributed by atoms with Crippen molar-refractivity contribution in [3.8, 4) is 5.75 Å². The molecule has 0 aliphatic carbocycles. The SMILES string of the molecule is C=CCOc1ccc(C(F)(F)F)cc1C(=O)NC1CCNC(C)C1.Cl. The molecule has 1 saturated heterocycles. The third-order valence-electron chi connectivity index (χ3n) is 3.87. The molecule has 2 N–H and O–H groups in total. The zero-order chi connectivity index (χ0) is 17.7. The van der Waals surface area contributed by atoms with Crippen LogP contribution in [0.15, 0.2) is 30.9 Å². The summed E-state index contributed by atoms with van der Waals surface area (Å²) in [4.78, 5) is 12.5. The third kappa shape index (κ3) is 5.93. The Morgan fingerprint density at radius 2 is 2.20 bits per heavy atom. The second-order valence-corrected chi connectivity index (χ2v) is 5.86. The highest BCUT2D eigenvalue weighted by Gasteiger charge is 2.32. The largest absolute Gasteiger partial charge is 0.489 e. The van der Waals surface area contributed by atoms with Crippen LogP contribution in [0.4, 0.5) is 13.2 Å². The van der Waals surface area contributed by atoms with Gasteiger partial charge >= 0.3 is 6.18 Å². The molecule has 0 aromatic heterocycles. The summed E-state index contributed by atoms with van der Waals surface area (Å²) in [7, 11) is 0. The van der Waals surface area contributed by atoms with Crippen molar-refractivity contribution in [2.75, 3.05) is 13.2 Å². The standard InChI is InChI=1S/C17H21F3N2O2.ClH/c1-3-8-24-15-5-4-12(17(18,19)20)10-14(15)16(23)22-13-6-7-21-11(2)9-13;/h3-5,10-11,13,21H,1,6-9H2,2H3,(H,22,23);1H. The monoisotopic (exact) mass is 378 g/mol. The number of hydrogen-bond acceptors (Lipinski definition) is 3. The Hall–Kier alpha value is -1.73. The van der Waals surface area contributed by atoms with E-state index in [2.05, 4.69) is 17.2 Å². The Bertz CT molecular complexity index is 608. The quantitative estimate of drug-likeness (QED) is 0.770. The van der Waals surface area contributed by atoms with Gasteiger partial charge in [0.2, 0.25) is 0 Å². The van der Waals surface area contributed by atoms with Crippen LogP contribution in [0, 0.1) is 0 Å². The van der Waals surface area contributed by atoms with Gasteiger partial charge in [-0.25, -0.2) is 0 Å². The van der Waals surface area contributed by atoms with Crippen molar-refractivity contribution in [3.63, 3.8) is 0 Å². The molecule has 2 rings (SSSR count). The minimum atomic E-state index is -4.52. The lowest BCUT2D eigenvalue weighted by molar-refractivity contribution is -0.137. The number of alkyl halides is 3. The average Bonchev–Trinajstić information content (AvgIpc) is 2.51. The number of carbonyl (C=O) groups excluding carboxylic acids is 1. The molecule has 25 heavy (non-hydrogen) atoms. The van der Waals surface area contributed by atoms with E-state index in [-0.39, 0.29) is 42.4 Å². The van der Waals surface area contributed by atoms with Gasteiger partial charge in [0.05, 0.1) is 11.1 Å². The maximum Gasteiger partial charge on any atom is 0.416 e. The highest BCUT2D eigenvalue weighted by molar-refractivity contribution is 5.97. The highest BCUT2D eigenvalue weighted by Crippen LogP contribution is 2.32. The van der Waals surface area contributed by atoms with Gasteiger partial charge in [-0.3, -0.25) is 4.79 Å². The maximum atomic E-state index is 12.9. The summed E-state index contributed by atoms with van der Waals surface area (Å²) >= 11 is 0. The molecule has 0 saturated carbocycles. The molecule has 0 bridgehead atoms. The van der Waals surface area contributed by atoms with Crippen molar-refractivity contribution in [1.29, 1.82) is 0 Å². The first-order valence-electron chi connectivity index (χ1n) is 7.80. The second kappa shape index (κ2) is 9.10. The molecule has 1 aromatic carbocycles. The molecule has 1 heterocycles. The number of carbonyl (C=O) groups is 1. The van der Waals surface area contributed by atoms with Crippen molar-refractivity contribution in [2.24, 2.45) is 0 Å². The number of hydrogen-bond donors (Lipinski definition) is 2. The number of halogens is 4. The van der Waals surface area contributed by atoms with Crippen LogP contribution in [0.2, 0.25) is 0 Å². The number of benzene rings is 1. The van der Waals surface area contributed by atoms with E-state index >= 15 is 0 Å². The number of ether oxygens (including phenoxy) is 1. The normalized spacial score (nSPS) is 20.3. The van der Waals surface area contributed by atoms with Crippen LogP contribution in [-0.2, 0) is 6.18 Å². The minimum Gasteiger partial charge on any atom is -0.489 e. The summed E-state index contributed by atoms with van der Waals surface area (Å²) in [5.41, 5.74) is -0.991. The summed E-state index contributed by atoms with van der Waals surface area (Å²) in [6.45, 7) is 6.36. The molecule has 1 aliphatic rings. The second-order valence-electron chi connectivity index (χ2n) is 5.86. The molecule has 4 nitrogen and oxygen atoms in total. The van der Waals surface area contributed by atoms with Crippen molar-refractivity contribution in [3.05, 3.63) is 42.0 Å². The van der Waals surface area contributed by atoms with Gasteiger partial charge in [0, 0.05) is 12.1 Å². The van der Waals surface area contributed by atoms with Crippen molar-refractivity contribution in [1.82, 2.24) is 10.6 Å². The Kier molecular flexibility index (Phi) is 7.76. The van der Waals surface area contributed by atoms with E-state index in [9.17, 15) is 18.0 Å². The first kappa shape index (κ1) is 21.3. The van der Waals surface area contributed by atoms with Crippen LogP contribution in [0.3, 0.4) is 0 Å². The molecule has 1 aromatic rings. The van der Waals surface area contributed by atoms with Crippen LogP contribution < -0.4 is 15.4 Å². The predicted octanol–water partition coefficient (Wildman–Crippen LogP) is 3.56. The summed E-state index contributed by atoms with van der Waals surface area (Å²) in [5, 5.41) is 6.07. The van der Waals surface area contributed by atoms with Gasteiger partial charge in [0.25, 0.3) is 5.91 Å². The average molecular weight is 379 g/mol. The smallest absolute Gasteiger partial charge is 0.416 e. The molecule has 1 amide bonds. The van der Waals surface area contributed by atoms with Crippen molar-refractivity contribution >= 4 is 18.3 Å². The van der Waals surface area contributed by atoms with Crippen LogP contribution in [0.1, 0.15) is 35.7 Å². The lowest BCUT2D eigenvalue weighted by Gasteiger charge is -2.29. The zero-order valence-corrected chi connectivity index (χ0v) is 14.7. The molecule has 0 radical (unpaired) electrons. The zero-order valence-electron chi connectivity index (χ0n) is 13.9.